The van der Waals surface area contributed by atoms with E-state index in [0.717, 1.165) is 32.7 Å². The van der Waals surface area contributed by atoms with Gasteiger partial charge in [-0.3, -0.25) is 14.5 Å². The Morgan fingerprint density at radius 3 is 2.45 bits per heavy atom. The van der Waals surface area contributed by atoms with E-state index in [1.165, 1.54) is 12.8 Å². The van der Waals surface area contributed by atoms with Crippen molar-refractivity contribution in [1.29, 1.82) is 0 Å². The first-order valence-corrected chi connectivity index (χ1v) is 7.69. The van der Waals surface area contributed by atoms with Crippen molar-refractivity contribution in [2.75, 3.05) is 45.8 Å². The van der Waals surface area contributed by atoms with E-state index in [1.807, 2.05) is 11.8 Å². The zero-order chi connectivity index (χ0) is 14.4. The number of hydrogen-bond acceptors (Lipinski definition) is 4. The Hall–Kier alpha value is -1.14. The minimum atomic E-state index is 0.0703. The molecule has 6 heteroatoms. The number of rotatable bonds is 7. The minimum Gasteiger partial charge on any atom is -0.355 e. The molecule has 114 valence electrons. The molecule has 0 spiro atoms. The second kappa shape index (κ2) is 7.59. The van der Waals surface area contributed by atoms with E-state index in [4.69, 9.17) is 0 Å². The van der Waals surface area contributed by atoms with Crippen molar-refractivity contribution in [3.63, 3.8) is 0 Å². The number of amides is 2. The highest BCUT2D eigenvalue weighted by atomic mass is 16.2. The van der Waals surface area contributed by atoms with Crippen LogP contribution < -0.4 is 10.6 Å². The van der Waals surface area contributed by atoms with Gasteiger partial charge in [0.1, 0.15) is 0 Å². The molecule has 0 aromatic carbocycles. The highest BCUT2D eigenvalue weighted by Crippen LogP contribution is 2.18. The Balaban J connectivity index is 1.59. The predicted molar refractivity (Wildman–Crippen MR) is 77.3 cm³/mol. The topological polar surface area (TPSA) is 64.7 Å². The molecule has 0 unspecified atom stereocenters. The van der Waals surface area contributed by atoms with E-state index in [9.17, 15) is 9.59 Å². The van der Waals surface area contributed by atoms with Gasteiger partial charge in [-0.2, -0.15) is 0 Å². The van der Waals surface area contributed by atoms with Crippen LogP contribution in [0.15, 0.2) is 0 Å². The smallest absolute Gasteiger partial charge is 0.234 e. The van der Waals surface area contributed by atoms with Gasteiger partial charge in [-0.05, 0) is 19.8 Å². The summed E-state index contributed by atoms with van der Waals surface area (Å²) in [4.78, 5) is 27.5. The lowest BCUT2D eigenvalue weighted by molar-refractivity contribution is -0.133. The third-order valence-electron chi connectivity index (χ3n) is 3.82. The van der Waals surface area contributed by atoms with E-state index in [1.54, 1.807) is 0 Å². The van der Waals surface area contributed by atoms with Gasteiger partial charge < -0.3 is 15.5 Å². The largest absolute Gasteiger partial charge is 0.355 e. The summed E-state index contributed by atoms with van der Waals surface area (Å²) in [5.74, 6) is 0.303. The number of carbonyl (C=O) groups is 2. The zero-order valence-corrected chi connectivity index (χ0v) is 12.4. The summed E-state index contributed by atoms with van der Waals surface area (Å²) in [6.45, 7) is 6.89. The molecule has 1 aliphatic heterocycles. The van der Waals surface area contributed by atoms with Crippen molar-refractivity contribution in [2.24, 2.45) is 0 Å². The van der Waals surface area contributed by atoms with E-state index in [2.05, 4.69) is 15.5 Å². The van der Waals surface area contributed by atoms with Crippen molar-refractivity contribution >= 4 is 11.8 Å². The van der Waals surface area contributed by atoms with Crippen molar-refractivity contribution in [1.82, 2.24) is 20.4 Å². The quantitative estimate of drug-likeness (QED) is 0.655. The van der Waals surface area contributed by atoms with Crippen LogP contribution in [0.2, 0.25) is 0 Å². The Kier molecular flexibility index (Phi) is 5.79. The van der Waals surface area contributed by atoms with E-state index in [-0.39, 0.29) is 11.8 Å². The summed E-state index contributed by atoms with van der Waals surface area (Å²) in [6, 6.07) is 0.664. The molecule has 2 N–H and O–H groups in total. The fourth-order valence-electron chi connectivity index (χ4n) is 2.44. The molecule has 6 nitrogen and oxygen atoms in total. The number of nitrogens with one attached hydrogen (secondary N) is 2. The molecule has 1 heterocycles. The number of carbonyl (C=O) groups excluding carboxylic acids is 2. The Morgan fingerprint density at radius 2 is 1.85 bits per heavy atom. The number of likely N-dealkylation sites (N-methyl/N-ethyl adjacent to an activating group) is 1. The van der Waals surface area contributed by atoms with Gasteiger partial charge in [-0.15, -0.1) is 0 Å². The first kappa shape index (κ1) is 15.3. The van der Waals surface area contributed by atoms with Crippen LogP contribution in [0.5, 0.6) is 0 Å². The van der Waals surface area contributed by atoms with Crippen LogP contribution in [0.4, 0.5) is 0 Å². The van der Waals surface area contributed by atoms with Crippen molar-refractivity contribution < 1.29 is 9.59 Å². The molecule has 1 saturated carbocycles. The minimum absolute atomic E-state index is 0.0703. The number of piperazine rings is 1. The van der Waals surface area contributed by atoms with Crippen molar-refractivity contribution in [3.05, 3.63) is 0 Å². The van der Waals surface area contributed by atoms with Crippen LogP contribution >= 0.6 is 0 Å². The molecule has 0 radical (unpaired) electrons. The van der Waals surface area contributed by atoms with Crippen LogP contribution in [-0.2, 0) is 9.59 Å². The lowest BCUT2D eigenvalue weighted by atomic mass is 10.2. The van der Waals surface area contributed by atoms with Crippen LogP contribution in [0.25, 0.3) is 0 Å². The van der Waals surface area contributed by atoms with Gasteiger partial charge >= 0.3 is 0 Å². The van der Waals surface area contributed by atoms with Crippen LogP contribution in [0.3, 0.4) is 0 Å². The Labute approximate surface area is 120 Å². The first-order valence-electron chi connectivity index (χ1n) is 7.69. The zero-order valence-electron chi connectivity index (χ0n) is 12.4. The lowest BCUT2D eigenvalue weighted by Gasteiger charge is -2.34. The van der Waals surface area contributed by atoms with Gasteiger partial charge in [0.15, 0.2) is 0 Å². The maximum Gasteiger partial charge on any atom is 0.234 e. The van der Waals surface area contributed by atoms with Gasteiger partial charge in [0.05, 0.1) is 6.54 Å². The van der Waals surface area contributed by atoms with E-state index >= 15 is 0 Å². The van der Waals surface area contributed by atoms with Crippen molar-refractivity contribution in [3.8, 4) is 0 Å². The van der Waals surface area contributed by atoms with Crippen LogP contribution in [0, 0.1) is 0 Å². The average Bonchev–Trinajstić information content (AvgIpc) is 3.24. The third-order valence-corrected chi connectivity index (χ3v) is 3.82. The van der Waals surface area contributed by atoms with Gasteiger partial charge in [0.2, 0.25) is 11.8 Å². The Bertz CT molecular complexity index is 336. The highest BCUT2D eigenvalue weighted by Gasteiger charge is 2.23. The summed E-state index contributed by atoms with van der Waals surface area (Å²) in [5, 5.41) is 6.17. The molecule has 2 rings (SSSR count). The molecular formula is C14H26N4O2. The molecule has 2 amide bonds. The van der Waals surface area contributed by atoms with E-state index in [0.29, 0.717) is 25.6 Å². The van der Waals surface area contributed by atoms with Gasteiger partial charge in [-0.25, -0.2) is 0 Å². The third kappa shape index (κ3) is 5.09. The first-order chi connectivity index (χ1) is 9.69. The second-order valence-electron chi connectivity index (χ2n) is 5.59. The lowest BCUT2D eigenvalue weighted by Crippen LogP contribution is -2.51. The monoisotopic (exact) mass is 282 g/mol. The predicted octanol–water partition coefficient (Wildman–Crippen LogP) is -0.591. The number of nitrogens with zero attached hydrogens (tertiary/aromatic N) is 2. The second-order valence-corrected chi connectivity index (χ2v) is 5.59. The molecule has 0 aromatic rings. The molecule has 0 atom stereocenters. The standard InChI is InChI=1S/C14H26N4O2/c1-2-15-13(19)11-17-7-9-18(10-8-17)14(20)5-6-16-12-3-4-12/h12,16H,2-11H2,1H3,(H,15,19). The fourth-order valence-corrected chi connectivity index (χ4v) is 2.44. The summed E-state index contributed by atoms with van der Waals surface area (Å²) in [7, 11) is 0. The summed E-state index contributed by atoms with van der Waals surface area (Å²) in [6.07, 6.45) is 3.10. The van der Waals surface area contributed by atoms with E-state index < -0.39 is 0 Å². The van der Waals surface area contributed by atoms with Gasteiger partial charge in [0, 0.05) is 51.7 Å². The molecule has 0 bridgehead atoms. The van der Waals surface area contributed by atoms with Crippen LogP contribution in [-0.4, -0.2) is 73.5 Å². The maximum absolute atomic E-state index is 12.0. The van der Waals surface area contributed by atoms with Crippen molar-refractivity contribution in [2.45, 2.75) is 32.2 Å². The molecule has 1 saturated heterocycles. The summed E-state index contributed by atoms with van der Waals surface area (Å²) < 4.78 is 0. The average molecular weight is 282 g/mol. The van der Waals surface area contributed by atoms with Crippen LogP contribution in [0.1, 0.15) is 26.2 Å². The molecule has 0 aromatic heterocycles. The maximum atomic E-state index is 12.0. The molecule has 1 aliphatic carbocycles. The Morgan fingerprint density at radius 1 is 1.15 bits per heavy atom. The molecule has 2 fully saturated rings. The summed E-state index contributed by atoms with van der Waals surface area (Å²) in [5.41, 5.74) is 0. The molecular weight excluding hydrogens is 256 g/mol. The van der Waals surface area contributed by atoms with Gasteiger partial charge in [-0.1, -0.05) is 0 Å². The fraction of sp³-hybridized carbons (Fsp3) is 0.857. The SMILES string of the molecule is CCNC(=O)CN1CCN(C(=O)CCNC2CC2)CC1. The van der Waals surface area contributed by atoms with Gasteiger partial charge in [0.25, 0.3) is 0 Å². The molecule has 2 aliphatic rings. The summed E-state index contributed by atoms with van der Waals surface area (Å²) >= 11 is 0. The number of hydrogen-bond donors (Lipinski definition) is 2. The normalized spacial score (nSPS) is 19.9. The molecule has 20 heavy (non-hydrogen) atoms. The highest BCUT2D eigenvalue weighted by molar-refractivity contribution is 5.78.